The van der Waals surface area contributed by atoms with Crippen molar-refractivity contribution in [1.82, 2.24) is 0 Å². The summed E-state index contributed by atoms with van der Waals surface area (Å²) in [6.07, 6.45) is 8.55. The lowest BCUT2D eigenvalue weighted by atomic mass is 10.00. The van der Waals surface area contributed by atoms with Gasteiger partial charge >= 0.3 is 11.9 Å². The fourth-order valence-electron chi connectivity index (χ4n) is 3.08. The summed E-state index contributed by atoms with van der Waals surface area (Å²) in [4.78, 5) is 25.1. The molecule has 0 saturated carbocycles. The zero-order chi connectivity index (χ0) is 21.5. The molecule has 3 unspecified atom stereocenters. The Morgan fingerprint density at radius 1 is 0.966 bits per heavy atom. The van der Waals surface area contributed by atoms with E-state index in [1.165, 1.54) is 10.8 Å². The standard InChI is InChI=1S/C21H38N2O4S2/c1-5-9-11-16(7-3)14-26-19(24)13-18(20-22-23-29-28-20)21(25)27-15-17(8-4)12-10-6-2/h16-18,29H,5-15H2,1-4H3. The minimum atomic E-state index is -0.717. The van der Waals surface area contributed by atoms with Crippen LogP contribution in [0.3, 0.4) is 0 Å². The Morgan fingerprint density at radius 3 is 2.03 bits per heavy atom. The van der Waals surface area contributed by atoms with E-state index in [0.717, 1.165) is 62.0 Å². The molecule has 0 aliphatic carbocycles. The fraction of sp³-hybridized carbons (Fsp3) is 0.857. The predicted molar refractivity (Wildman–Crippen MR) is 123 cm³/mol. The Bertz CT molecular complexity index is 555. The monoisotopic (exact) mass is 446 g/mol. The number of nitrogens with zero attached hydrogens (tertiary/aromatic N) is 2. The van der Waals surface area contributed by atoms with Gasteiger partial charge in [-0.3, -0.25) is 9.59 Å². The maximum atomic E-state index is 12.7. The van der Waals surface area contributed by atoms with Crippen LogP contribution in [0.4, 0.5) is 0 Å². The van der Waals surface area contributed by atoms with Crippen LogP contribution in [-0.2, 0) is 29.7 Å². The Kier molecular flexibility index (Phi) is 14.3. The van der Waals surface area contributed by atoms with Crippen LogP contribution in [0.5, 0.6) is 0 Å². The van der Waals surface area contributed by atoms with E-state index >= 15 is 0 Å². The van der Waals surface area contributed by atoms with Gasteiger partial charge in [-0.15, -0.1) is 9.57 Å². The highest BCUT2D eigenvalue weighted by Gasteiger charge is 2.32. The van der Waals surface area contributed by atoms with E-state index in [2.05, 4.69) is 37.3 Å². The molecular formula is C21H38N2O4S2. The molecule has 1 aliphatic rings. The van der Waals surface area contributed by atoms with Crippen LogP contribution in [0.25, 0.3) is 0 Å². The van der Waals surface area contributed by atoms with Crippen molar-refractivity contribution < 1.29 is 19.1 Å². The maximum Gasteiger partial charge on any atom is 0.316 e. The molecule has 0 saturated heterocycles. The van der Waals surface area contributed by atoms with E-state index in [9.17, 15) is 9.59 Å². The molecule has 1 heterocycles. The zero-order valence-corrected chi connectivity index (χ0v) is 20.1. The molecule has 1 aliphatic heterocycles. The number of rotatable bonds is 16. The van der Waals surface area contributed by atoms with Crippen molar-refractivity contribution in [1.29, 1.82) is 0 Å². The Balaban J connectivity index is 2.59. The van der Waals surface area contributed by atoms with Crippen molar-refractivity contribution in [3.63, 3.8) is 0 Å². The van der Waals surface area contributed by atoms with Gasteiger partial charge in [-0.2, -0.15) is 0 Å². The van der Waals surface area contributed by atoms with Crippen LogP contribution < -0.4 is 0 Å². The van der Waals surface area contributed by atoms with E-state index < -0.39 is 11.9 Å². The Morgan fingerprint density at radius 2 is 1.55 bits per heavy atom. The number of hydrogen-bond acceptors (Lipinski definition) is 7. The molecule has 0 aromatic rings. The van der Waals surface area contributed by atoms with Crippen molar-refractivity contribution in [2.75, 3.05) is 13.2 Å². The van der Waals surface area contributed by atoms with Gasteiger partial charge in [0.2, 0.25) is 0 Å². The lowest BCUT2D eigenvalue weighted by molar-refractivity contribution is -0.154. The zero-order valence-electron chi connectivity index (χ0n) is 18.4. The number of carbonyl (C=O) groups excluding carboxylic acids is 2. The minimum Gasteiger partial charge on any atom is -0.465 e. The first kappa shape index (κ1) is 26.1. The molecule has 0 radical (unpaired) electrons. The first-order chi connectivity index (χ1) is 14.0. The smallest absolute Gasteiger partial charge is 0.316 e. The quantitative estimate of drug-likeness (QED) is 0.193. The van der Waals surface area contributed by atoms with Gasteiger partial charge in [-0.25, -0.2) is 0 Å². The summed E-state index contributed by atoms with van der Waals surface area (Å²) >= 11 is 0. The van der Waals surface area contributed by atoms with E-state index in [1.807, 2.05) is 0 Å². The average molecular weight is 447 g/mol. The second-order valence-electron chi connectivity index (χ2n) is 7.60. The van der Waals surface area contributed by atoms with E-state index in [-0.39, 0.29) is 12.4 Å². The summed E-state index contributed by atoms with van der Waals surface area (Å²) in [6, 6.07) is 0. The number of carbonyl (C=O) groups is 2. The number of ether oxygens (including phenoxy) is 2. The van der Waals surface area contributed by atoms with Crippen molar-refractivity contribution >= 4 is 38.4 Å². The van der Waals surface area contributed by atoms with Crippen LogP contribution >= 0.6 is 10.8 Å². The predicted octanol–water partition coefficient (Wildman–Crippen LogP) is 5.49. The summed E-state index contributed by atoms with van der Waals surface area (Å²) in [5.74, 6) is -0.748. The van der Waals surface area contributed by atoms with Gasteiger partial charge in [0.15, 0.2) is 0 Å². The molecule has 1 rings (SSSR count). The minimum absolute atomic E-state index is 0.0360. The second-order valence-corrected chi connectivity index (χ2v) is 9.58. The lowest BCUT2D eigenvalue weighted by Crippen LogP contribution is -2.29. The summed E-state index contributed by atoms with van der Waals surface area (Å²) in [5, 5.41) is 4.59. The van der Waals surface area contributed by atoms with Gasteiger partial charge < -0.3 is 9.47 Å². The van der Waals surface area contributed by atoms with Crippen LogP contribution in [0, 0.1) is 17.8 Å². The van der Waals surface area contributed by atoms with Gasteiger partial charge in [-0.1, -0.05) is 66.2 Å². The summed E-state index contributed by atoms with van der Waals surface area (Å²) in [5.41, 5.74) is 0. The highest BCUT2D eigenvalue weighted by atomic mass is 33.1. The number of thiol groups is 1. The maximum absolute atomic E-state index is 12.7. The summed E-state index contributed by atoms with van der Waals surface area (Å²) in [7, 11) is 2.09. The van der Waals surface area contributed by atoms with Crippen LogP contribution in [0.15, 0.2) is 9.57 Å². The molecule has 29 heavy (non-hydrogen) atoms. The third-order valence-corrected chi connectivity index (χ3v) is 7.12. The van der Waals surface area contributed by atoms with E-state index in [4.69, 9.17) is 9.47 Å². The number of esters is 2. The van der Waals surface area contributed by atoms with Crippen molar-refractivity contribution in [2.24, 2.45) is 27.3 Å². The Labute approximate surface area is 183 Å². The average Bonchev–Trinajstić information content (AvgIpc) is 3.26. The normalized spacial score (nSPS) is 16.5. The molecule has 3 atom stereocenters. The SMILES string of the molecule is CCCCC(CC)COC(=O)CC(C(=O)OCC(CC)CCCC)C1=NN=[SH]S1. The molecular weight excluding hydrogens is 408 g/mol. The molecule has 0 fully saturated rings. The first-order valence-electron chi connectivity index (χ1n) is 11.0. The number of hydrogen-bond donors (Lipinski definition) is 1. The number of unbranched alkanes of at least 4 members (excludes halogenated alkanes) is 2. The molecule has 0 bridgehead atoms. The molecule has 8 heteroatoms. The van der Waals surface area contributed by atoms with E-state index in [0.29, 0.717) is 30.1 Å². The van der Waals surface area contributed by atoms with Crippen LogP contribution in [0.2, 0.25) is 0 Å². The van der Waals surface area contributed by atoms with Crippen molar-refractivity contribution in [2.45, 2.75) is 85.5 Å². The highest BCUT2D eigenvalue weighted by Crippen LogP contribution is 2.24. The van der Waals surface area contributed by atoms with Gasteiger partial charge in [-0.05, 0) is 46.1 Å². The van der Waals surface area contributed by atoms with Gasteiger partial charge in [0, 0.05) is 0 Å². The van der Waals surface area contributed by atoms with Crippen molar-refractivity contribution in [3.05, 3.63) is 0 Å². The van der Waals surface area contributed by atoms with Gasteiger partial charge in [0.25, 0.3) is 0 Å². The van der Waals surface area contributed by atoms with Crippen molar-refractivity contribution in [3.8, 4) is 0 Å². The van der Waals surface area contributed by atoms with Crippen LogP contribution in [-0.4, -0.2) is 30.2 Å². The lowest BCUT2D eigenvalue weighted by Gasteiger charge is -2.19. The summed E-state index contributed by atoms with van der Waals surface area (Å²) < 4.78 is 15.0. The molecule has 0 amide bonds. The van der Waals surface area contributed by atoms with Gasteiger partial charge in [0.05, 0.1) is 19.6 Å². The second kappa shape index (κ2) is 15.9. The molecule has 0 aromatic carbocycles. The third kappa shape index (κ3) is 10.6. The molecule has 168 valence electrons. The third-order valence-electron chi connectivity index (χ3n) is 5.30. The Hall–Kier alpha value is -0.890. The first-order valence-corrected chi connectivity index (χ1v) is 13.3. The largest absolute Gasteiger partial charge is 0.465 e. The molecule has 0 aromatic heterocycles. The molecule has 6 nitrogen and oxygen atoms in total. The summed E-state index contributed by atoms with van der Waals surface area (Å²) in [6.45, 7) is 9.34. The molecule has 0 spiro atoms. The van der Waals surface area contributed by atoms with E-state index in [1.54, 1.807) is 0 Å². The topological polar surface area (TPSA) is 77.3 Å². The molecule has 0 N–H and O–H groups in total. The van der Waals surface area contributed by atoms with Gasteiger partial charge in [0.1, 0.15) is 11.0 Å². The fourth-order valence-corrected chi connectivity index (χ4v) is 4.74. The van der Waals surface area contributed by atoms with Crippen LogP contribution in [0.1, 0.15) is 85.5 Å². The highest BCUT2D eigenvalue weighted by molar-refractivity contribution is 8.69.